The maximum Gasteiger partial charge on any atom is 0.283 e. The van der Waals surface area contributed by atoms with Gasteiger partial charge < -0.3 is 5.32 Å². The molecule has 22 heavy (non-hydrogen) atoms. The van der Waals surface area contributed by atoms with Crippen molar-refractivity contribution in [3.05, 3.63) is 32.8 Å². The number of nitro groups is 1. The van der Waals surface area contributed by atoms with Crippen LogP contribution in [0, 0.1) is 22.0 Å². The summed E-state index contributed by atoms with van der Waals surface area (Å²) in [5.74, 6) is 0.725. The molecule has 0 bridgehead atoms. The molecule has 0 amide bonds. The third kappa shape index (κ3) is 3.00. The Morgan fingerprint density at radius 2 is 1.86 bits per heavy atom. The number of nitrogens with zero attached hydrogens (tertiary/aromatic N) is 2. The average Bonchev–Trinajstić information content (AvgIpc) is 2.98. The fraction of sp³-hybridized carbons (Fsp3) is 0.500. The molecule has 2 fully saturated rings. The summed E-state index contributed by atoms with van der Waals surface area (Å²) < 4.78 is 26.9. The van der Waals surface area contributed by atoms with Crippen LogP contribution in [0.1, 0.15) is 0 Å². The van der Waals surface area contributed by atoms with E-state index >= 15 is 0 Å². The molecule has 2 aliphatic heterocycles. The second-order valence-corrected chi connectivity index (χ2v) is 8.16. The largest absolute Gasteiger partial charge is 0.316 e. The van der Waals surface area contributed by atoms with Crippen molar-refractivity contribution in [2.75, 3.05) is 26.2 Å². The van der Waals surface area contributed by atoms with Crippen molar-refractivity contribution in [2.45, 2.75) is 4.90 Å². The van der Waals surface area contributed by atoms with Crippen LogP contribution < -0.4 is 5.32 Å². The van der Waals surface area contributed by atoms with Gasteiger partial charge >= 0.3 is 0 Å². The molecule has 1 N–H and O–H groups in total. The molecule has 0 radical (unpaired) electrons. The van der Waals surface area contributed by atoms with Gasteiger partial charge in [0.25, 0.3) is 5.69 Å². The molecule has 10 heteroatoms. The predicted molar refractivity (Wildman–Crippen MR) is 86.7 cm³/mol. The lowest BCUT2D eigenvalue weighted by atomic mass is 10.0. The third-order valence-electron chi connectivity index (χ3n) is 4.11. The average molecular weight is 413 g/mol. The van der Waals surface area contributed by atoms with E-state index in [4.69, 9.17) is 0 Å². The Labute approximate surface area is 142 Å². The molecule has 2 aliphatic rings. The predicted octanol–water partition coefficient (Wildman–Crippen LogP) is 1.62. The van der Waals surface area contributed by atoms with E-state index in [-0.39, 0.29) is 27.5 Å². The van der Waals surface area contributed by atoms with Crippen molar-refractivity contribution in [3.63, 3.8) is 0 Å². The van der Waals surface area contributed by atoms with Gasteiger partial charge in [0.15, 0.2) is 0 Å². The van der Waals surface area contributed by atoms with Crippen LogP contribution in [0.2, 0.25) is 0 Å². The van der Waals surface area contributed by atoms with Crippen LogP contribution >= 0.6 is 28.3 Å². The minimum atomic E-state index is -3.59. The molecular formula is C12H15BrClN3O4S. The number of sulfonamides is 1. The molecule has 122 valence electrons. The first kappa shape index (κ1) is 17.6. The number of benzene rings is 1. The van der Waals surface area contributed by atoms with Gasteiger partial charge in [-0.3, -0.25) is 10.1 Å². The first-order valence-electron chi connectivity index (χ1n) is 6.54. The Balaban J connectivity index is 0.00000176. The van der Waals surface area contributed by atoms with Crippen LogP contribution in [0.3, 0.4) is 0 Å². The highest BCUT2D eigenvalue weighted by Crippen LogP contribution is 2.33. The number of fused-ring (bicyclic) bond motifs is 1. The minimum Gasteiger partial charge on any atom is -0.316 e. The molecule has 0 saturated carbocycles. The molecule has 3 rings (SSSR count). The fourth-order valence-corrected chi connectivity index (χ4v) is 5.21. The lowest BCUT2D eigenvalue weighted by molar-refractivity contribution is -0.385. The molecule has 2 heterocycles. The van der Waals surface area contributed by atoms with Crippen molar-refractivity contribution in [1.29, 1.82) is 0 Å². The standard InChI is InChI=1S/C12H14BrN3O4S.ClH/c13-11-3-10(1-2-12(11)16(17)18)21(19,20)15-6-8-4-14-5-9(8)7-15;/h1-3,8-9,14H,4-7H2;1H/t8-,9+;. The monoisotopic (exact) mass is 411 g/mol. The van der Waals surface area contributed by atoms with Crippen molar-refractivity contribution in [3.8, 4) is 0 Å². The van der Waals surface area contributed by atoms with Crippen LogP contribution in [0.25, 0.3) is 0 Å². The van der Waals surface area contributed by atoms with Gasteiger partial charge in [-0.05, 0) is 53.0 Å². The van der Waals surface area contributed by atoms with Gasteiger partial charge in [-0.1, -0.05) is 0 Å². The summed E-state index contributed by atoms with van der Waals surface area (Å²) in [6, 6.07) is 3.82. The van der Waals surface area contributed by atoms with Crippen molar-refractivity contribution < 1.29 is 13.3 Å². The Kier molecular flexibility index (Phi) is 5.13. The van der Waals surface area contributed by atoms with E-state index in [0.717, 1.165) is 13.1 Å². The van der Waals surface area contributed by atoms with Gasteiger partial charge in [-0.25, -0.2) is 8.42 Å². The maximum absolute atomic E-state index is 12.6. The zero-order valence-corrected chi connectivity index (χ0v) is 14.7. The highest BCUT2D eigenvalue weighted by atomic mass is 79.9. The molecular weight excluding hydrogens is 398 g/mol. The molecule has 0 aromatic heterocycles. The van der Waals surface area contributed by atoms with E-state index in [1.807, 2.05) is 0 Å². The van der Waals surface area contributed by atoms with Crippen molar-refractivity contribution in [2.24, 2.45) is 11.8 Å². The summed E-state index contributed by atoms with van der Waals surface area (Å²) >= 11 is 3.06. The zero-order chi connectivity index (χ0) is 15.2. The molecule has 1 aromatic rings. The lowest BCUT2D eigenvalue weighted by Crippen LogP contribution is -2.31. The Morgan fingerprint density at radius 3 is 2.36 bits per heavy atom. The zero-order valence-electron chi connectivity index (χ0n) is 11.4. The molecule has 0 aliphatic carbocycles. The Hall–Kier alpha value is -0.740. The molecule has 2 saturated heterocycles. The van der Waals surface area contributed by atoms with E-state index in [1.54, 1.807) is 0 Å². The van der Waals surface area contributed by atoms with E-state index in [0.29, 0.717) is 24.9 Å². The van der Waals surface area contributed by atoms with Gasteiger partial charge in [0.05, 0.1) is 14.3 Å². The highest BCUT2D eigenvalue weighted by molar-refractivity contribution is 9.10. The molecule has 1 aromatic carbocycles. The van der Waals surface area contributed by atoms with Gasteiger partial charge in [-0.2, -0.15) is 4.31 Å². The number of nitrogens with one attached hydrogen (secondary N) is 1. The smallest absolute Gasteiger partial charge is 0.283 e. The third-order valence-corrected chi connectivity index (χ3v) is 6.57. The number of rotatable bonds is 3. The number of halogens is 2. The molecule has 2 atom stereocenters. The van der Waals surface area contributed by atoms with Crippen molar-refractivity contribution in [1.82, 2.24) is 9.62 Å². The Morgan fingerprint density at radius 1 is 1.27 bits per heavy atom. The first-order valence-corrected chi connectivity index (χ1v) is 8.77. The van der Waals surface area contributed by atoms with Crippen LogP contribution in [-0.4, -0.2) is 43.8 Å². The summed E-state index contributed by atoms with van der Waals surface area (Å²) in [6.45, 7) is 2.71. The minimum absolute atomic E-state index is 0. The maximum atomic E-state index is 12.6. The summed E-state index contributed by atoms with van der Waals surface area (Å²) in [6.07, 6.45) is 0. The fourth-order valence-electron chi connectivity index (χ4n) is 2.95. The second-order valence-electron chi connectivity index (χ2n) is 5.37. The van der Waals surface area contributed by atoms with E-state index in [9.17, 15) is 18.5 Å². The van der Waals surface area contributed by atoms with Gasteiger partial charge in [0.2, 0.25) is 10.0 Å². The van der Waals surface area contributed by atoms with Crippen LogP contribution in [-0.2, 0) is 10.0 Å². The Bertz CT molecular complexity index is 688. The first-order chi connectivity index (χ1) is 9.89. The summed E-state index contributed by atoms with van der Waals surface area (Å²) in [4.78, 5) is 10.3. The van der Waals surface area contributed by atoms with E-state index < -0.39 is 14.9 Å². The second kappa shape index (κ2) is 6.40. The molecule has 7 nitrogen and oxygen atoms in total. The van der Waals surface area contributed by atoms with E-state index in [2.05, 4.69) is 21.2 Å². The number of hydrogen-bond acceptors (Lipinski definition) is 5. The lowest BCUT2D eigenvalue weighted by Gasteiger charge is -2.17. The van der Waals surface area contributed by atoms with E-state index in [1.165, 1.54) is 22.5 Å². The summed E-state index contributed by atoms with van der Waals surface area (Å²) in [7, 11) is -3.59. The van der Waals surface area contributed by atoms with Crippen molar-refractivity contribution >= 4 is 44.0 Å². The number of hydrogen-bond donors (Lipinski definition) is 1. The number of nitro benzene ring substituents is 1. The summed E-state index contributed by atoms with van der Waals surface area (Å²) in [5.41, 5.74) is -0.142. The topological polar surface area (TPSA) is 92.5 Å². The summed E-state index contributed by atoms with van der Waals surface area (Å²) in [5, 5.41) is 14.0. The molecule has 0 spiro atoms. The van der Waals surface area contributed by atoms with Crippen LogP contribution in [0.15, 0.2) is 27.6 Å². The highest BCUT2D eigenvalue weighted by Gasteiger charge is 2.41. The normalized spacial score (nSPS) is 24.8. The van der Waals surface area contributed by atoms with Gasteiger partial charge in [0, 0.05) is 19.2 Å². The van der Waals surface area contributed by atoms with Gasteiger partial charge in [0.1, 0.15) is 0 Å². The van der Waals surface area contributed by atoms with Gasteiger partial charge in [-0.15, -0.1) is 12.4 Å². The molecule has 0 unspecified atom stereocenters. The quantitative estimate of drug-likeness (QED) is 0.601. The van der Waals surface area contributed by atoms with Crippen LogP contribution in [0.4, 0.5) is 5.69 Å². The van der Waals surface area contributed by atoms with Crippen LogP contribution in [0.5, 0.6) is 0 Å². The SMILES string of the molecule is Cl.O=[N+]([O-])c1ccc(S(=O)(=O)N2C[C@H]3CNC[C@H]3C2)cc1Br.